The quantitative estimate of drug-likeness (QED) is 0.646. The van der Waals surface area contributed by atoms with Crippen LogP contribution in [0.2, 0.25) is 0 Å². The Labute approximate surface area is 77.0 Å². The molecule has 0 N–H and O–H groups in total. The molecule has 64 valence electrons. The summed E-state index contributed by atoms with van der Waals surface area (Å²) in [5, 5.41) is 9.79. The van der Waals surface area contributed by atoms with Crippen molar-refractivity contribution in [2.45, 2.75) is 13.5 Å². The lowest BCUT2D eigenvalue weighted by molar-refractivity contribution is 0.874. The summed E-state index contributed by atoms with van der Waals surface area (Å²) in [6, 6.07) is 10.4. The first-order chi connectivity index (χ1) is 6.31. The van der Waals surface area contributed by atoms with E-state index in [1.54, 1.807) is 0 Å². The number of nitriles is 1. The zero-order valence-corrected chi connectivity index (χ0v) is 7.49. The minimum atomic E-state index is 0.424. The average Bonchev–Trinajstić information content (AvgIpc) is 2.49. The standard InChI is InChI=1S/C11H10N2/c1-9-2-3-10-4-6-13(7-5-12)11(10)8-9/h2-4,6,8H,7H2,1H3. The van der Waals surface area contributed by atoms with Crippen LogP contribution in [-0.4, -0.2) is 4.57 Å². The Morgan fingerprint density at radius 1 is 1.38 bits per heavy atom. The van der Waals surface area contributed by atoms with Gasteiger partial charge in [-0.25, -0.2) is 0 Å². The molecule has 2 aromatic rings. The maximum Gasteiger partial charge on any atom is 0.110 e. The Kier molecular flexibility index (Phi) is 1.79. The average molecular weight is 170 g/mol. The van der Waals surface area contributed by atoms with Gasteiger partial charge in [-0.1, -0.05) is 12.1 Å². The highest BCUT2D eigenvalue weighted by Crippen LogP contribution is 2.16. The van der Waals surface area contributed by atoms with E-state index in [2.05, 4.69) is 31.2 Å². The molecular formula is C11H10N2. The Morgan fingerprint density at radius 2 is 2.23 bits per heavy atom. The van der Waals surface area contributed by atoms with Gasteiger partial charge < -0.3 is 4.57 Å². The fourth-order valence-corrected chi connectivity index (χ4v) is 1.51. The number of benzene rings is 1. The first-order valence-corrected chi connectivity index (χ1v) is 4.24. The van der Waals surface area contributed by atoms with Crippen molar-refractivity contribution in [3.05, 3.63) is 36.0 Å². The van der Waals surface area contributed by atoms with E-state index in [-0.39, 0.29) is 0 Å². The molecule has 0 spiro atoms. The molecule has 0 aliphatic heterocycles. The molecule has 0 aliphatic carbocycles. The van der Waals surface area contributed by atoms with E-state index in [1.807, 2.05) is 16.8 Å². The van der Waals surface area contributed by atoms with Gasteiger partial charge in [0.05, 0.1) is 6.07 Å². The molecule has 13 heavy (non-hydrogen) atoms. The smallest absolute Gasteiger partial charge is 0.110 e. The van der Waals surface area contributed by atoms with Crippen LogP contribution in [0.1, 0.15) is 5.56 Å². The summed E-state index contributed by atoms with van der Waals surface area (Å²) in [4.78, 5) is 0. The largest absolute Gasteiger partial charge is 0.334 e. The lowest BCUT2D eigenvalue weighted by Gasteiger charge is -1.99. The highest BCUT2D eigenvalue weighted by atomic mass is 14.9. The Balaban J connectivity index is 2.66. The molecule has 0 bridgehead atoms. The molecule has 2 nitrogen and oxygen atoms in total. The summed E-state index contributed by atoms with van der Waals surface area (Å²) in [5.74, 6) is 0. The van der Waals surface area contributed by atoms with E-state index in [1.165, 1.54) is 10.9 Å². The SMILES string of the molecule is Cc1ccc2ccn(CC#N)c2c1. The van der Waals surface area contributed by atoms with Gasteiger partial charge in [-0.05, 0) is 30.0 Å². The van der Waals surface area contributed by atoms with Gasteiger partial charge in [0.25, 0.3) is 0 Å². The minimum absolute atomic E-state index is 0.424. The third kappa shape index (κ3) is 1.29. The fourth-order valence-electron chi connectivity index (χ4n) is 1.51. The number of aryl methyl sites for hydroxylation is 1. The van der Waals surface area contributed by atoms with E-state index in [9.17, 15) is 0 Å². The summed E-state index contributed by atoms with van der Waals surface area (Å²) in [7, 11) is 0. The monoisotopic (exact) mass is 170 g/mol. The van der Waals surface area contributed by atoms with Crippen LogP contribution in [0.5, 0.6) is 0 Å². The maximum absolute atomic E-state index is 8.60. The van der Waals surface area contributed by atoms with Crippen LogP contribution >= 0.6 is 0 Å². The van der Waals surface area contributed by atoms with Crippen LogP contribution in [-0.2, 0) is 6.54 Å². The molecule has 2 rings (SSSR count). The van der Waals surface area contributed by atoms with Crippen LogP contribution in [0.25, 0.3) is 10.9 Å². The van der Waals surface area contributed by atoms with Crippen molar-refractivity contribution in [2.24, 2.45) is 0 Å². The Hall–Kier alpha value is -1.75. The normalized spacial score (nSPS) is 10.2. The zero-order chi connectivity index (χ0) is 9.26. The van der Waals surface area contributed by atoms with Gasteiger partial charge in [-0.2, -0.15) is 5.26 Å². The van der Waals surface area contributed by atoms with Gasteiger partial charge in [-0.3, -0.25) is 0 Å². The molecule has 1 heterocycles. The predicted molar refractivity (Wildman–Crippen MR) is 52.3 cm³/mol. The van der Waals surface area contributed by atoms with Crippen molar-refractivity contribution < 1.29 is 0 Å². The number of fused-ring (bicyclic) bond motifs is 1. The van der Waals surface area contributed by atoms with Crippen LogP contribution in [0, 0.1) is 18.3 Å². The number of nitrogens with zero attached hydrogens (tertiary/aromatic N) is 2. The summed E-state index contributed by atoms with van der Waals surface area (Å²) in [6.07, 6.45) is 1.95. The van der Waals surface area contributed by atoms with Crippen molar-refractivity contribution in [1.29, 1.82) is 5.26 Å². The van der Waals surface area contributed by atoms with Gasteiger partial charge in [-0.15, -0.1) is 0 Å². The number of rotatable bonds is 1. The highest BCUT2D eigenvalue weighted by molar-refractivity contribution is 5.80. The molecule has 0 amide bonds. The lowest BCUT2D eigenvalue weighted by atomic mass is 10.2. The summed E-state index contributed by atoms with van der Waals surface area (Å²) >= 11 is 0. The van der Waals surface area contributed by atoms with E-state index < -0.39 is 0 Å². The van der Waals surface area contributed by atoms with E-state index in [0.717, 1.165) is 5.52 Å². The fraction of sp³-hybridized carbons (Fsp3) is 0.182. The van der Waals surface area contributed by atoms with Crippen molar-refractivity contribution in [3.63, 3.8) is 0 Å². The van der Waals surface area contributed by atoms with Gasteiger partial charge in [0.15, 0.2) is 0 Å². The molecule has 0 saturated carbocycles. The first-order valence-electron chi connectivity index (χ1n) is 4.24. The minimum Gasteiger partial charge on any atom is -0.334 e. The third-order valence-corrected chi connectivity index (χ3v) is 2.17. The van der Waals surface area contributed by atoms with Crippen LogP contribution in [0.4, 0.5) is 0 Å². The van der Waals surface area contributed by atoms with Crippen molar-refractivity contribution in [3.8, 4) is 6.07 Å². The second-order valence-corrected chi connectivity index (χ2v) is 3.16. The predicted octanol–water partition coefficient (Wildman–Crippen LogP) is 2.47. The van der Waals surface area contributed by atoms with Gasteiger partial charge >= 0.3 is 0 Å². The Bertz CT molecular complexity index is 474. The van der Waals surface area contributed by atoms with E-state index in [4.69, 9.17) is 5.26 Å². The van der Waals surface area contributed by atoms with Crippen LogP contribution in [0.15, 0.2) is 30.5 Å². The highest BCUT2D eigenvalue weighted by Gasteiger charge is 1.99. The maximum atomic E-state index is 8.60. The Morgan fingerprint density at radius 3 is 3.00 bits per heavy atom. The number of hydrogen-bond acceptors (Lipinski definition) is 1. The van der Waals surface area contributed by atoms with Gasteiger partial charge in [0.2, 0.25) is 0 Å². The molecule has 0 fully saturated rings. The van der Waals surface area contributed by atoms with Crippen LogP contribution in [0.3, 0.4) is 0 Å². The van der Waals surface area contributed by atoms with E-state index >= 15 is 0 Å². The van der Waals surface area contributed by atoms with Gasteiger partial charge in [0, 0.05) is 11.7 Å². The zero-order valence-electron chi connectivity index (χ0n) is 7.49. The molecule has 0 unspecified atom stereocenters. The van der Waals surface area contributed by atoms with Crippen LogP contribution < -0.4 is 0 Å². The van der Waals surface area contributed by atoms with Gasteiger partial charge in [0.1, 0.15) is 6.54 Å². The lowest BCUT2D eigenvalue weighted by Crippen LogP contribution is -1.92. The molecule has 0 atom stereocenters. The molecule has 1 aromatic heterocycles. The molecule has 1 aromatic carbocycles. The van der Waals surface area contributed by atoms with E-state index in [0.29, 0.717) is 6.54 Å². The molecular weight excluding hydrogens is 160 g/mol. The van der Waals surface area contributed by atoms with Crippen molar-refractivity contribution in [1.82, 2.24) is 4.57 Å². The summed E-state index contributed by atoms with van der Waals surface area (Å²) in [5.41, 5.74) is 2.37. The molecule has 0 saturated heterocycles. The second-order valence-electron chi connectivity index (χ2n) is 3.16. The number of aromatic nitrogens is 1. The third-order valence-electron chi connectivity index (χ3n) is 2.17. The summed E-state index contributed by atoms with van der Waals surface area (Å²) in [6.45, 7) is 2.48. The first kappa shape index (κ1) is 7.88. The number of hydrogen-bond donors (Lipinski definition) is 0. The molecule has 2 heteroatoms. The molecule has 0 aliphatic rings. The summed E-state index contributed by atoms with van der Waals surface area (Å²) < 4.78 is 1.96. The molecule has 0 radical (unpaired) electrons. The topological polar surface area (TPSA) is 28.7 Å². The van der Waals surface area contributed by atoms with Crippen molar-refractivity contribution in [2.75, 3.05) is 0 Å². The van der Waals surface area contributed by atoms with Crippen molar-refractivity contribution >= 4 is 10.9 Å². The second kappa shape index (κ2) is 2.95.